The molecule has 3 rings (SSSR count). The van der Waals surface area contributed by atoms with Crippen molar-refractivity contribution in [3.63, 3.8) is 0 Å². The minimum atomic E-state index is -1.18. The normalized spacial score (nSPS) is 14.5. The molecule has 0 aliphatic carbocycles. The molecular formula is C23H21ClN2O5. The van der Waals surface area contributed by atoms with Crippen molar-refractivity contribution in [2.24, 2.45) is 5.10 Å². The fraction of sp³-hybridized carbons (Fsp3) is 0.174. The van der Waals surface area contributed by atoms with Gasteiger partial charge in [0.05, 0.1) is 34.2 Å². The number of ether oxygens (including phenoxy) is 2. The number of benzene rings is 2. The van der Waals surface area contributed by atoms with Crippen LogP contribution in [0.5, 0.6) is 11.5 Å². The first-order valence-corrected chi connectivity index (χ1v) is 9.88. The van der Waals surface area contributed by atoms with E-state index >= 15 is 0 Å². The molecular weight excluding hydrogens is 420 g/mol. The number of hydrazone groups is 1. The van der Waals surface area contributed by atoms with Crippen molar-refractivity contribution in [1.82, 2.24) is 0 Å². The summed E-state index contributed by atoms with van der Waals surface area (Å²) in [5.41, 5.74) is 1.83. The summed E-state index contributed by atoms with van der Waals surface area (Å²) >= 11 is 5.92. The number of aromatic carboxylic acids is 1. The lowest BCUT2D eigenvalue weighted by Gasteiger charge is -2.13. The summed E-state index contributed by atoms with van der Waals surface area (Å²) in [6, 6.07) is 9.65. The van der Waals surface area contributed by atoms with Crippen molar-refractivity contribution in [2.75, 3.05) is 18.2 Å². The van der Waals surface area contributed by atoms with Gasteiger partial charge in [0.2, 0.25) is 0 Å². The minimum Gasteiger partial charge on any atom is -0.490 e. The Balaban J connectivity index is 1.93. The zero-order chi connectivity index (χ0) is 22.5. The number of halogens is 1. The first-order chi connectivity index (χ1) is 14.8. The van der Waals surface area contributed by atoms with Crippen LogP contribution in [0.2, 0.25) is 5.02 Å². The minimum absolute atomic E-state index is 0.0848. The van der Waals surface area contributed by atoms with E-state index in [0.717, 1.165) is 10.6 Å². The molecule has 0 atom stereocenters. The number of nitrogens with zero attached hydrogens (tertiary/aromatic N) is 2. The average Bonchev–Trinajstić information content (AvgIpc) is 3.02. The summed E-state index contributed by atoms with van der Waals surface area (Å²) in [5, 5.41) is 14.8. The number of carboxylic acids is 1. The first-order valence-electron chi connectivity index (χ1n) is 9.50. The Labute approximate surface area is 184 Å². The van der Waals surface area contributed by atoms with Crippen molar-refractivity contribution in [1.29, 1.82) is 0 Å². The van der Waals surface area contributed by atoms with Gasteiger partial charge in [-0.1, -0.05) is 30.3 Å². The monoisotopic (exact) mass is 440 g/mol. The van der Waals surface area contributed by atoms with E-state index in [1.807, 2.05) is 13.0 Å². The van der Waals surface area contributed by atoms with Crippen LogP contribution in [-0.2, 0) is 4.79 Å². The molecule has 0 aromatic heterocycles. The molecule has 160 valence electrons. The van der Waals surface area contributed by atoms with E-state index in [1.165, 1.54) is 12.1 Å². The largest absolute Gasteiger partial charge is 0.490 e. The molecule has 2 aromatic rings. The second-order valence-electron chi connectivity index (χ2n) is 6.57. The van der Waals surface area contributed by atoms with Crippen LogP contribution in [0.25, 0.3) is 6.08 Å². The van der Waals surface area contributed by atoms with E-state index in [0.29, 0.717) is 41.7 Å². The summed E-state index contributed by atoms with van der Waals surface area (Å²) in [5.74, 6) is -0.422. The van der Waals surface area contributed by atoms with E-state index in [2.05, 4.69) is 11.7 Å². The van der Waals surface area contributed by atoms with Gasteiger partial charge in [0.15, 0.2) is 11.5 Å². The van der Waals surface area contributed by atoms with E-state index < -0.39 is 5.97 Å². The van der Waals surface area contributed by atoms with Gasteiger partial charge >= 0.3 is 5.97 Å². The van der Waals surface area contributed by atoms with Gasteiger partial charge < -0.3 is 14.6 Å². The standard InChI is InChI=1S/C23H21ClN2O5/c1-4-10-31-20-9-6-15(12-21(20)30-5-2)11-17-14(3)25-26(22(17)27)16-7-8-19(24)18(13-16)23(28)29/h4,6-9,11-13H,1,5,10H2,2-3H3,(H,28,29)/b17-11-. The topological polar surface area (TPSA) is 88.4 Å². The zero-order valence-electron chi connectivity index (χ0n) is 17.1. The van der Waals surface area contributed by atoms with E-state index in [4.69, 9.17) is 21.1 Å². The highest BCUT2D eigenvalue weighted by Crippen LogP contribution is 2.32. The summed E-state index contributed by atoms with van der Waals surface area (Å²) < 4.78 is 11.2. The van der Waals surface area contributed by atoms with Crippen LogP contribution in [0, 0.1) is 0 Å². The van der Waals surface area contributed by atoms with Gasteiger partial charge in [-0.3, -0.25) is 4.79 Å². The molecule has 0 unspecified atom stereocenters. The van der Waals surface area contributed by atoms with E-state index in [-0.39, 0.29) is 16.5 Å². The number of rotatable bonds is 8. The van der Waals surface area contributed by atoms with Crippen molar-refractivity contribution >= 4 is 41.0 Å². The van der Waals surface area contributed by atoms with Gasteiger partial charge in [-0.15, -0.1) is 0 Å². The van der Waals surface area contributed by atoms with Crippen molar-refractivity contribution < 1.29 is 24.2 Å². The molecule has 1 amide bonds. The molecule has 1 aliphatic heterocycles. The van der Waals surface area contributed by atoms with Crippen LogP contribution < -0.4 is 14.5 Å². The molecule has 1 heterocycles. The molecule has 0 saturated heterocycles. The predicted octanol–water partition coefficient (Wildman–Crippen LogP) is 4.81. The van der Waals surface area contributed by atoms with Crippen LogP contribution in [0.1, 0.15) is 29.8 Å². The zero-order valence-corrected chi connectivity index (χ0v) is 17.8. The third-order valence-corrected chi connectivity index (χ3v) is 4.75. The lowest BCUT2D eigenvalue weighted by molar-refractivity contribution is -0.114. The molecule has 8 heteroatoms. The molecule has 2 aromatic carbocycles. The Bertz CT molecular complexity index is 1110. The second-order valence-corrected chi connectivity index (χ2v) is 6.98. The number of carbonyl (C=O) groups is 2. The SMILES string of the molecule is C=CCOc1ccc(/C=C2\C(=O)N(c3ccc(Cl)c(C(=O)O)c3)N=C2C)cc1OCC. The molecule has 31 heavy (non-hydrogen) atoms. The molecule has 0 saturated carbocycles. The quantitative estimate of drug-likeness (QED) is 0.470. The smallest absolute Gasteiger partial charge is 0.337 e. The predicted molar refractivity (Wildman–Crippen MR) is 120 cm³/mol. The van der Waals surface area contributed by atoms with Crippen LogP contribution in [0.4, 0.5) is 5.69 Å². The third-order valence-electron chi connectivity index (χ3n) is 4.42. The summed E-state index contributed by atoms with van der Waals surface area (Å²) in [7, 11) is 0. The Hall–Kier alpha value is -3.58. The number of anilines is 1. The number of carbonyl (C=O) groups excluding carboxylic acids is 1. The fourth-order valence-corrected chi connectivity index (χ4v) is 3.18. The van der Waals surface area contributed by atoms with E-state index in [9.17, 15) is 14.7 Å². The Kier molecular flexibility index (Phi) is 6.77. The van der Waals surface area contributed by atoms with Crippen LogP contribution in [0.3, 0.4) is 0 Å². The Morgan fingerprint density at radius 2 is 2.00 bits per heavy atom. The Morgan fingerprint density at radius 3 is 2.68 bits per heavy atom. The lowest BCUT2D eigenvalue weighted by Crippen LogP contribution is -2.21. The highest BCUT2D eigenvalue weighted by Gasteiger charge is 2.29. The molecule has 1 N–H and O–H groups in total. The van der Waals surface area contributed by atoms with Crippen molar-refractivity contribution in [2.45, 2.75) is 13.8 Å². The molecule has 1 aliphatic rings. The number of hydrogen-bond donors (Lipinski definition) is 1. The van der Waals surface area contributed by atoms with Gasteiger partial charge in [-0.25, -0.2) is 4.79 Å². The lowest BCUT2D eigenvalue weighted by atomic mass is 10.1. The average molecular weight is 441 g/mol. The first kappa shape index (κ1) is 22.1. The van der Waals surface area contributed by atoms with E-state index in [1.54, 1.807) is 37.3 Å². The molecule has 0 radical (unpaired) electrons. The Morgan fingerprint density at radius 1 is 1.23 bits per heavy atom. The van der Waals surface area contributed by atoms with Gasteiger partial charge in [0, 0.05) is 0 Å². The number of amides is 1. The summed E-state index contributed by atoms with van der Waals surface area (Å²) in [6.45, 7) is 8.02. The summed E-state index contributed by atoms with van der Waals surface area (Å²) in [6.07, 6.45) is 3.35. The maximum absolute atomic E-state index is 13.0. The molecule has 7 nitrogen and oxygen atoms in total. The number of hydrogen-bond acceptors (Lipinski definition) is 5. The molecule has 0 bridgehead atoms. The second kappa shape index (κ2) is 9.49. The van der Waals surface area contributed by atoms with Gasteiger partial charge in [0.1, 0.15) is 6.61 Å². The molecule has 0 spiro atoms. The van der Waals surface area contributed by atoms with Crippen molar-refractivity contribution in [3.05, 3.63) is 70.8 Å². The third kappa shape index (κ3) is 4.78. The van der Waals surface area contributed by atoms with Crippen LogP contribution >= 0.6 is 11.6 Å². The maximum Gasteiger partial charge on any atom is 0.337 e. The van der Waals surface area contributed by atoms with Gasteiger partial charge in [-0.2, -0.15) is 10.1 Å². The summed E-state index contributed by atoms with van der Waals surface area (Å²) in [4.78, 5) is 24.4. The maximum atomic E-state index is 13.0. The van der Waals surface area contributed by atoms with Gasteiger partial charge in [-0.05, 0) is 55.8 Å². The fourth-order valence-electron chi connectivity index (χ4n) is 2.99. The van der Waals surface area contributed by atoms with Crippen molar-refractivity contribution in [3.8, 4) is 11.5 Å². The highest BCUT2D eigenvalue weighted by atomic mass is 35.5. The van der Waals surface area contributed by atoms with Gasteiger partial charge in [0.25, 0.3) is 5.91 Å². The number of carboxylic acid groups (broad SMARTS) is 1. The van der Waals surface area contributed by atoms with Crippen LogP contribution in [-0.4, -0.2) is 35.9 Å². The van der Waals surface area contributed by atoms with Crippen LogP contribution in [0.15, 0.2) is 59.7 Å². The molecule has 0 fully saturated rings. The highest BCUT2D eigenvalue weighted by molar-refractivity contribution is 6.34.